The molecular formula is C17H12Cl2N2O2. The molecule has 0 saturated carbocycles. The van der Waals surface area contributed by atoms with Crippen molar-refractivity contribution in [2.75, 3.05) is 5.32 Å². The van der Waals surface area contributed by atoms with E-state index in [1.165, 1.54) is 18.2 Å². The van der Waals surface area contributed by atoms with Crippen LogP contribution in [0.25, 0.3) is 6.08 Å². The van der Waals surface area contributed by atoms with Crippen molar-refractivity contribution in [1.29, 1.82) is 5.26 Å². The third-order valence-corrected chi connectivity index (χ3v) is 3.79. The van der Waals surface area contributed by atoms with Gasteiger partial charge in [0.1, 0.15) is 17.4 Å². The number of benzene rings is 2. The Labute approximate surface area is 143 Å². The van der Waals surface area contributed by atoms with E-state index in [0.29, 0.717) is 16.3 Å². The summed E-state index contributed by atoms with van der Waals surface area (Å²) in [4.78, 5) is 12.2. The van der Waals surface area contributed by atoms with Crippen LogP contribution in [0.4, 0.5) is 5.69 Å². The average Bonchev–Trinajstić information content (AvgIpc) is 2.52. The molecule has 4 nitrogen and oxygen atoms in total. The number of carbonyl (C=O) groups excluding carboxylic acids is 1. The number of hydrogen-bond acceptors (Lipinski definition) is 3. The zero-order valence-corrected chi connectivity index (χ0v) is 13.6. The van der Waals surface area contributed by atoms with Crippen LogP contribution in [-0.2, 0) is 4.79 Å². The maximum atomic E-state index is 12.2. The lowest BCUT2D eigenvalue weighted by molar-refractivity contribution is -0.112. The molecule has 0 spiro atoms. The highest BCUT2D eigenvalue weighted by Crippen LogP contribution is 2.25. The topological polar surface area (TPSA) is 73.1 Å². The molecule has 0 bridgehead atoms. The van der Waals surface area contributed by atoms with E-state index in [1.54, 1.807) is 24.3 Å². The molecule has 6 heteroatoms. The highest BCUT2D eigenvalue weighted by molar-refractivity contribution is 6.32. The van der Waals surface area contributed by atoms with E-state index in [4.69, 9.17) is 23.2 Å². The van der Waals surface area contributed by atoms with Gasteiger partial charge in [-0.25, -0.2) is 0 Å². The summed E-state index contributed by atoms with van der Waals surface area (Å²) in [6, 6.07) is 11.3. The molecule has 116 valence electrons. The average molecular weight is 347 g/mol. The lowest BCUT2D eigenvalue weighted by atomic mass is 10.1. The van der Waals surface area contributed by atoms with Gasteiger partial charge in [0, 0.05) is 10.7 Å². The molecule has 0 aliphatic rings. The minimum Gasteiger partial charge on any atom is -0.506 e. The fourth-order valence-corrected chi connectivity index (χ4v) is 2.17. The lowest BCUT2D eigenvalue weighted by Gasteiger charge is -2.06. The molecule has 1 amide bonds. The van der Waals surface area contributed by atoms with E-state index in [9.17, 15) is 15.2 Å². The van der Waals surface area contributed by atoms with Crippen molar-refractivity contribution in [2.24, 2.45) is 0 Å². The standard InChI is InChI=1S/C17H12Cl2N2O2/c1-10-2-4-13(8-14(10)18)21-17(23)12(9-20)6-11-3-5-16(22)15(19)7-11/h2-8,22H,1H3,(H,21,23)/b12-6+. The number of rotatable bonds is 3. The van der Waals surface area contributed by atoms with Gasteiger partial charge in [-0.1, -0.05) is 35.3 Å². The number of phenolic OH excluding ortho intramolecular Hbond substituents is 1. The first-order valence-corrected chi connectivity index (χ1v) is 7.34. The SMILES string of the molecule is Cc1ccc(NC(=O)/C(C#N)=C/c2ccc(O)c(Cl)c2)cc1Cl. The maximum absolute atomic E-state index is 12.2. The van der Waals surface area contributed by atoms with E-state index >= 15 is 0 Å². The number of hydrogen-bond donors (Lipinski definition) is 2. The smallest absolute Gasteiger partial charge is 0.266 e. The Balaban J connectivity index is 2.24. The number of carbonyl (C=O) groups is 1. The van der Waals surface area contributed by atoms with E-state index in [2.05, 4.69) is 5.32 Å². The van der Waals surface area contributed by atoms with Crippen LogP contribution < -0.4 is 5.32 Å². The largest absolute Gasteiger partial charge is 0.506 e. The van der Waals surface area contributed by atoms with Gasteiger partial charge in [0.25, 0.3) is 5.91 Å². The molecule has 2 rings (SSSR count). The Morgan fingerprint density at radius 2 is 1.96 bits per heavy atom. The van der Waals surface area contributed by atoms with Gasteiger partial charge in [0.2, 0.25) is 0 Å². The van der Waals surface area contributed by atoms with E-state index in [-0.39, 0.29) is 16.3 Å². The molecule has 2 aromatic rings. The molecule has 0 saturated heterocycles. The number of aryl methyl sites for hydroxylation is 1. The fraction of sp³-hybridized carbons (Fsp3) is 0.0588. The monoisotopic (exact) mass is 346 g/mol. The molecule has 0 aromatic heterocycles. The van der Waals surface area contributed by atoms with E-state index in [1.807, 2.05) is 13.0 Å². The predicted molar refractivity (Wildman–Crippen MR) is 91.5 cm³/mol. The van der Waals surface area contributed by atoms with Gasteiger partial charge in [-0.05, 0) is 48.4 Å². The van der Waals surface area contributed by atoms with Gasteiger partial charge in [0.05, 0.1) is 5.02 Å². The molecule has 23 heavy (non-hydrogen) atoms. The second-order valence-electron chi connectivity index (χ2n) is 4.80. The van der Waals surface area contributed by atoms with Crippen molar-refractivity contribution in [1.82, 2.24) is 0 Å². The summed E-state index contributed by atoms with van der Waals surface area (Å²) in [7, 11) is 0. The van der Waals surface area contributed by atoms with Crippen LogP contribution in [0, 0.1) is 18.3 Å². The number of phenols is 1. The molecule has 0 atom stereocenters. The molecule has 0 heterocycles. The molecule has 0 aliphatic carbocycles. The summed E-state index contributed by atoms with van der Waals surface area (Å²) in [6.07, 6.45) is 1.39. The normalized spacial score (nSPS) is 11.0. The van der Waals surface area contributed by atoms with Crippen LogP contribution in [-0.4, -0.2) is 11.0 Å². The number of amides is 1. The third kappa shape index (κ3) is 4.26. The quantitative estimate of drug-likeness (QED) is 0.632. The number of nitrogens with one attached hydrogen (secondary N) is 1. The van der Waals surface area contributed by atoms with Crippen LogP contribution in [0.15, 0.2) is 42.0 Å². The van der Waals surface area contributed by atoms with E-state index in [0.717, 1.165) is 5.56 Å². The summed E-state index contributed by atoms with van der Waals surface area (Å²) in [5.41, 5.74) is 1.82. The van der Waals surface area contributed by atoms with Crippen molar-refractivity contribution in [2.45, 2.75) is 6.92 Å². The number of anilines is 1. The number of nitriles is 1. The molecule has 0 fully saturated rings. The number of nitrogens with zero attached hydrogens (tertiary/aromatic N) is 1. The molecule has 0 aliphatic heterocycles. The van der Waals surface area contributed by atoms with Crippen molar-refractivity contribution < 1.29 is 9.90 Å². The fourth-order valence-electron chi connectivity index (χ4n) is 1.80. The molecule has 2 N–H and O–H groups in total. The van der Waals surface area contributed by atoms with Gasteiger partial charge in [0.15, 0.2) is 0 Å². The summed E-state index contributed by atoms with van der Waals surface area (Å²) in [5.74, 6) is -0.627. The van der Waals surface area contributed by atoms with Crippen molar-refractivity contribution in [3.63, 3.8) is 0 Å². The highest BCUT2D eigenvalue weighted by atomic mass is 35.5. The van der Waals surface area contributed by atoms with Crippen LogP contribution in [0.3, 0.4) is 0 Å². The summed E-state index contributed by atoms with van der Waals surface area (Å²) >= 11 is 11.8. The second-order valence-corrected chi connectivity index (χ2v) is 5.61. The van der Waals surface area contributed by atoms with Crippen LogP contribution in [0.5, 0.6) is 5.75 Å². The van der Waals surface area contributed by atoms with Gasteiger partial charge in [-0.15, -0.1) is 0 Å². The van der Waals surface area contributed by atoms with Crippen LogP contribution in [0.1, 0.15) is 11.1 Å². The predicted octanol–water partition coefficient (Wildman–Crippen LogP) is 4.55. The summed E-state index contributed by atoms with van der Waals surface area (Å²) < 4.78 is 0. The first-order chi connectivity index (χ1) is 10.9. The number of aromatic hydroxyl groups is 1. The minimum atomic E-state index is -0.559. The van der Waals surface area contributed by atoms with Crippen molar-refractivity contribution >= 4 is 40.9 Å². The summed E-state index contributed by atoms with van der Waals surface area (Å²) in [5, 5.41) is 21.8. The molecular weight excluding hydrogens is 335 g/mol. The highest BCUT2D eigenvalue weighted by Gasteiger charge is 2.11. The van der Waals surface area contributed by atoms with E-state index < -0.39 is 5.91 Å². The Hall–Kier alpha value is -2.48. The summed E-state index contributed by atoms with van der Waals surface area (Å²) in [6.45, 7) is 1.85. The Kier molecular flexibility index (Phi) is 5.28. The zero-order valence-electron chi connectivity index (χ0n) is 12.1. The first-order valence-electron chi connectivity index (χ1n) is 6.58. The van der Waals surface area contributed by atoms with Crippen molar-refractivity contribution in [3.05, 3.63) is 63.1 Å². The zero-order chi connectivity index (χ0) is 17.0. The Morgan fingerprint density at radius 3 is 2.57 bits per heavy atom. The first kappa shape index (κ1) is 16.9. The molecule has 2 aromatic carbocycles. The Bertz CT molecular complexity index is 839. The third-order valence-electron chi connectivity index (χ3n) is 3.08. The van der Waals surface area contributed by atoms with Crippen molar-refractivity contribution in [3.8, 4) is 11.8 Å². The van der Waals surface area contributed by atoms with Crippen LogP contribution in [0.2, 0.25) is 10.0 Å². The lowest BCUT2D eigenvalue weighted by Crippen LogP contribution is -2.13. The molecule has 0 unspecified atom stereocenters. The number of halogens is 2. The van der Waals surface area contributed by atoms with Gasteiger partial charge < -0.3 is 10.4 Å². The minimum absolute atomic E-state index is 0.0685. The second kappa shape index (κ2) is 7.19. The van der Waals surface area contributed by atoms with Gasteiger partial charge >= 0.3 is 0 Å². The van der Waals surface area contributed by atoms with Crippen LogP contribution >= 0.6 is 23.2 Å². The molecule has 0 radical (unpaired) electrons. The maximum Gasteiger partial charge on any atom is 0.266 e. The van der Waals surface area contributed by atoms with Gasteiger partial charge in [-0.2, -0.15) is 5.26 Å². The Morgan fingerprint density at radius 1 is 1.22 bits per heavy atom. The van der Waals surface area contributed by atoms with Gasteiger partial charge in [-0.3, -0.25) is 4.79 Å².